The topological polar surface area (TPSA) is 79.3 Å². The van der Waals surface area contributed by atoms with Gasteiger partial charge in [0.15, 0.2) is 0 Å². The van der Waals surface area contributed by atoms with Crippen LogP contribution in [-0.4, -0.2) is 28.0 Å². The van der Waals surface area contributed by atoms with E-state index in [1.807, 2.05) is 6.07 Å². The molecule has 0 saturated heterocycles. The Morgan fingerprint density at radius 1 is 1.36 bits per heavy atom. The van der Waals surface area contributed by atoms with Gasteiger partial charge in [0.1, 0.15) is 10.7 Å². The summed E-state index contributed by atoms with van der Waals surface area (Å²) in [5.74, 6) is -1.67. The van der Waals surface area contributed by atoms with E-state index < -0.39 is 11.9 Å². The zero-order valence-electron chi connectivity index (χ0n) is 11.4. The lowest BCUT2D eigenvalue weighted by Crippen LogP contribution is -2.40. The number of nitrogens with one attached hydrogen (secondary N) is 1. The summed E-state index contributed by atoms with van der Waals surface area (Å²) in [6.45, 7) is 0. The molecule has 2 heterocycles. The van der Waals surface area contributed by atoms with Crippen molar-refractivity contribution in [3.8, 4) is 9.88 Å². The first-order chi connectivity index (χ1) is 10.5. The summed E-state index contributed by atoms with van der Waals surface area (Å²) in [6.07, 6.45) is 2.12. The van der Waals surface area contributed by atoms with Gasteiger partial charge in [-0.05, 0) is 25.0 Å². The SMILES string of the molecule is O=C(N[C@H]1CCC[C@H]1C(=O)O)c1csc(-c2ccc(Cl)s2)n1. The average molecular weight is 357 g/mol. The van der Waals surface area contributed by atoms with Crippen molar-refractivity contribution >= 4 is 46.2 Å². The maximum atomic E-state index is 12.2. The van der Waals surface area contributed by atoms with Crippen LogP contribution in [0.4, 0.5) is 0 Å². The van der Waals surface area contributed by atoms with Crippen molar-refractivity contribution in [1.29, 1.82) is 0 Å². The number of carboxylic acids is 1. The summed E-state index contributed by atoms with van der Waals surface area (Å²) in [5.41, 5.74) is 0.320. The number of carbonyl (C=O) groups is 2. The lowest BCUT2D eigenvalue weighted by molar-refractivity contribution is -0.142. The number of hydrogen-bond acceptors (Lipinski definition) is 5. The summed E-state index contributed by atoms with van der Waals surface area (Å²) >= 11 is 8.68. The molecule has 116 valence electrons. The fraction of sp³-hybridized carbons (Fsp3) is 0.357. The van der Waals surface area contributed by atoms with Crippen molar-refractivity contribution in [2.75, 3.05) is 0 Å². The van der Waals surface area contributed by atoms with Crippen molar-refractivity contribution in [1.82, 2.24) is 10.3 Å². The Kier molecular flexibility index (Phi) is 4.46. The van der Waals surface area contributed by atoms with E-state index in [-0.39, 0.29) is 11.9 Å². The fourth-order valence-electron chi connectivity index (χ4n) is 2.59. The number of nitrogens with zero attached hydrogens (tertiary/aromatic N) is 1. The van der Waals surface area contributed by atoms with E-state index in [1.165, 1.54) is 22.7 Å². The molecule has 2 aromatic rings. The molecule has 1 aliphatic rings. The predicted octanol–water partition coefficient (Wildman–Crippen LogP) is 3.51. The molecule has 2 atom stereocenters. The van der Waals surface area contributed by atoms with E-state index in [4.69, 9.17) is 16.7 Å². The van der Waals surface area contributed by atoms with Gasteiger partial charge in [-0.1, -0.05) is 18.0 Å². The van der Waals surface area contributed by atoms with Crippen LogP contribution in [0.5, 0.6) is 0 Å². The average Bonchev–Trinajstić information content (AvgIpc) is 3.16. The summed E-state index contributed by atoms with van der Waals surface area (Å²) in [5, 5.41) is 14.4. The summed E-state index contributed by atoms with van der Waals surface area (Å²) in [6, 6.07) is 3.34. The zero-order chi connectivity index (χ0) is 15.7. The Morgan fingerprint density at radius 3 is 2.86 bits per heavy atom. The standard InChI is InChI=1S/C14H13ClN2O3S2/c15-11-5-4-10(22-11)13-17-9(6-21-13)12(18)16-8-3-1-2-7(8)14(19)20/h4-8H,1-3H2,(H,16,18)(H,19,20)/t7-,8+/m1/s1. The molecule has 22 heavy (non-hydrogen) atoms. The Balaban J connectivity index is 1.71. The van der Waals surface area contributed by atoms with Gasteiger partial charge in [-0.15, -0.1) is 22.7 Å². The second-order valence-corrected chi connectivity index (χ2v) is 7.67. The van der Waals surface area contributed by atoms with E-state index in [9.17, 15) is 9.59 Å². The van der Waals surface area contributed by atoms with Crippen LogP contribution in [0.2, 0.25) is 4.34 Å². The molecule has 1 saturated carbocycles. The summed E-state index contributed by atoms with van der Waals surface area (Å²) in [4.78, 5) is 28.6. The normalized spacial score (nSPS) is 21.0. The molecule has 0 aromatic carbocycles. The van der Waals surface area contributed by atoms with Crippen LogP contribution in [0.3, 0.4) is 0 Å². The van der Waals surface area contributed by atoms with Gasteiger partial charge in [0.2, 0.25) is 0 Å². The number of thiazole rings is 1. The molecule has 0 aliphatic heterocycles. The van der Waals surface area contributed by atoms with Crippen LogP contribution in [0.15, 0.2) is 17.5 Å². The smallest absolute Gasteiger partial charge is 0.308 e. The lowest BCUT2D eigenvalue weighted by atomic mass is 10.0. The number of carboxylic acid groups (broad SMARTS) is 1. The van der Waals surface area contributed by atoms with E-state index >= 15 is 0 Å². The second kappa shape index (κ2) is 6.36. The number of aromatic nitrogens is 1. The highest BCUT2D eigenvalue weighted by Crippen LogP contribution is 2.33. The first kappa shape index (κ1) is 15.5. The molecule has 3 rings (SSSR count). The molecular weight excluding hydrogens is 344 g/mol. The monoisotopic (exact) mass is 356 g/mol. The predicted molar refractivity (Wildman–Crippen MR) is 86.7 cm³/mol. The van der Waals surface area contributed by atoms with Gasteiger partial charge >= 0.3 is 5.97 Å². The van der Waals surface area contributed by atoms with Crippen LogP contribution in [0.25, 0.3) is 9.88 Å². The molecular formula is C14H13ClN2O3S2. The quantitative estimate of drug-likeness (QED) is 0.878. The Hall–Kier alpha value is -1.44. The molecule has 0 radical (unpaired) electrons. The van der Waals surface area contributed by atoms with E-state index in [0.717, 1.165) is 16.3 Å². The van der Waals surface area contributed by atoms with Crippen LogP contribution in [-0.2, 0) is 4.79 Å². The van der Waals surface area contributed by atoms with Gasteiger partial charge in [0.05, 0.1) is 15.1 Å². The van der Waals surface area contributed by atoms with Gasteiger partial charge in [-0.2, -0.15) is 0 Å². The molecule has 2 N–H and O–H groups in total. The molecule has 0 spiro atoms. The van der Waals surface area contributed by atoms with Crippen LogP contribution >= 0.6 is 34.3 Å². The van der Waals surface area contributed by atoms with Gasteiger partial charge in [0, 0.05) is 11.4 Å². The third-order valence-corrected chi connectivity index (χ3v) is 5.91. The minimum absolute atomic E-state index is 0.314. The highest BCUT2D eigenvalue weighted by molar-refractivity contribution is 7.23. The van der Waals surface area contributed by atoms with Crippen LogP contribution in [0.1, 0.15) is 29.8 Å². The number of hydrogen-bond donors (Lipinski definition) is 2. The molecule has 5 nitrogen and oxygen atoms in total. The Morgan fingerprint density at radius 2 is 2.18 bits per heavy atom. The minimum Gasteiger partial charge on any atom is -0.481 e. The highest BCUT2D eigenvalue weighted by Gasteiger charge is 2.34. The van der Waals surface area contributed by atoms with Gasteiger partial charge in [-0.3, -0.25) is 9.59 Å². The minimum atomic E-state index is -0.852. The lowest BCUT2D eigenvalue weighted by Gasteiger charge is -2.16. The number of halogens is 1. The van der Waals surface area contributed by atoms with Gasteiger partial charge in [0.25, 0.3) is 5.91 Å². The van der Waals surface area contributed by atoms with Crippen molar-refractivity contribution in [2.24, 2.45) is 5.92 Å². The van der Waals surface area contributed by atoms with E-state index in [1.54, 1.807) is 11.4 Å². The van der Waals surface area contributed by atoms with Crippen molar-refractivity contribution in [3.05, 3.63) is 27.5 Å². The largest absolute Gasteiger partial charge is 0.481 e. The Bertz CT molecular complexity index is 713. The molecule has 0 bridgehead atoms. The zero-order valence-corrected chi connectivity index (χ0v) is 13.8. The van der Waals surface area contributed by atoms with Crippen molar-refractivity contribution in [3.63, 3.8) is 0 Å². The Labute approximate surface area is 140 Å². The maximum Gasteiger partial charge on any atom is 0.308 e. The first-order valence-electron chi connectivity index (χ1n) is 6.79. The first-order valence-corrected chi connectivity index (χ1v) is 8.87. The van der Waals surface area contributed by atoms with Gasteiger partial charge < -0.3 is 10.4 Å². The molecule has 0 unspecified atom stereocenters. The summed E-state index contributed by atoms with van der Waals surface area (Å²) < 4.78 is 0.673. The summed E-state index contributed by atoms with van der Waals surface area (Å²) in [7, 11) is 0. The number of amides is 1. The number of aliphatic carboxylic acids is 1. The molecule has 1 aliphatic carbocycles. The highest BCUT2D eigenvalue weighted by atomic mass is 35.5. The molecule has 1 amide bonds. The fourth-order valence-corrected chi connectivity index (χ4v) is 4.51. The van der Waals surface area contributed by atoms with Crippen LogP contribution < -0.4 is 5.32 Å². The number of carbonyl (C=O) groups excluding carboxylic acids is 1. The molecule has 1 fully saturated rings. The maximum absolute atomic E-state index is 12.2. The molecule has 2 aromatic heterocycles. The number of rotatable bonds is 4. The van der Waals surface area contributed by atoms with E-state index in [0.29, 0.717) is 22.9 Å². The van der Waals surface area contributed by atoms with E-state index in [2.05, 4.69) is 10.3 Å². The van der Waals surface area contributed by atoms with Gasteiger partial charge in [-0.25, -0.2) is 4.98 Å². The number of thiophene rings is 1. The molecule has 8 heteroatoms. The van der Waals surface area contributed by atoms with Crippen molar-refractivity contribution < 1.29 is 14.7 Å². The third kappa shape index (κ3) is 3.16. The van der Waals surface area contributed by atoms with Crippen molar-refractivity contribution in [2.45, 2.75) is 25.3 Å². The second-order valence-electron chi connectivity index (χ2n) is 5.10. The third-order valence-electron chi connectivity index (χ3n) is 3.67. The van der Waals surface area contributed by atoms with Crippen LogP contribution in [0, 0.1) is 5.92 Å².